The average Bonchev–Trinajstić information content (AvgIpc) is 2.83. The Bertz CT molecular complexity index is 1200. The summed E-state index contributed by atoms with van der Waals surface area (Å²) in [5, 5.41) is 5.22. The molecule has 3 aromatic rings. The molecule has 0 fully saturated rings. The minimum absolute atomic E-state index is 0.199. The maximum absolute atomic E-state index is 13.0. The number of hydrogen-bond acceptors (Lipinski definition) is 5. The smallest absolute Gasteiger partial charge is 0.338 e. The monoisotopic (exact) mass is 478 g/mol. The molecule has 2 N–H and O–H groups in total. The zero-order chi connectivity index (χ0) is 25.4. The molecule has 2 amide bonds. The van der Waals surface area contributed by atoms with Crippen LogP contribution in [0, 0.1) is 26.6 Å². The lowest BCUT2D eigenvalue weighted by Gasteiger charge is -2.13. The number of ether oxygens (including phenoxy) is 2. The third-order valence-corrected chi connectivity index (χ3v) is 5.11. The fraction of sp³-hybridized carbons (Fsp3) is 0.222. The van der Waals surface area contributed by atoms with Crippen LogP contribution >= 0.6 is 0 Å². The molecule has 0 aromatic heterocycles. The Labute approximate surface area is 203 Å². The molecule has 0 unspecified atom stereocenters. The first-order chi connectivity index (χ1) is 16.7. The highest BCUT2D eigenvalue weighted by molar-refractivity contribution is 5.96. The van der Waals surface area contributed by atoms with Gasteiger partial charge in [-0.05, 0) is 67.8 Å². The number of halogens is 1. The van der Waals surface area contributed by atoms with Crippen molar-refractivity contribution in [3.05, 3.63) is 94.3 Å². The Morgan fingerprint density at radius 2 is 1.57 bits per heavy atom. The van der Waals surface area contributed by atoms with E-state index < -0.39 is 18.5 Å². The summed E-state index contributed by atoms with van der Waals surface area (Å²) in [5.74, 6) is -1.60. The third kappa shape index (κ3) is 7.67. The Morgan fingerprint density at radius 1 is 0.886 bits per heavy atom. The summed E-state index contributed by atoms with van der Waals surface area (Å²) in [6.07, 6.45) is 0. The van der Waals surface area contributed by atoms with Crippen molar-refractivity contribution in [1.29, 1.82) is 0 Å². The van der Waals surface area contributed by atoms with E-state index >= 15 is 0 Å². The van der Waals surface area contributed by atoms with E-state index in [1.54, 1.807) is 24.3 Å². The fourth-order valence-corrected chi connectivity index (χ4v) is 3.47. The first-order valence-corrected chi connectivity index (χ1v) is 11.0. The van der Waals surface area contributed by atoms with Crippen molar-refractivity contribution < 1.29 is 28.2 Å². The van der Waals surface area contributed by atoms with Crippen molar-refractivity contribution in [1.82, 2.24) is 5.32 Å². The first kappa shape index (κ1) is 25.4. The molecule has 35 heavy (non-hydrogen) atoms. The number of hydrogen-bond donors (Lipinski definition) is 2. The number of amides is 2. The van der Waals surface area contributed by atoms with Crippen LogP contribution in [0.2, 0.25) is 0 Å². The van der Waals surface area contributed by atoms with Crippen molar-refractivity contribution in [2.75, 3.05) is 18.5 Å². The van der Waals surface area contributed by atoms with Gasteiger partial charge in [-0.25, -0.2) is 9.18 Å². The molecule has 8 heteroatoms. The summed E-state index contributed by atoms with van der Waals surface area (Å²) in [6, 6.07) is 16.1. The van der Waals surface area contributed by atoms with Crippen LogP contribution in [0.15, 0.2) is 60.7 Å². The summed E-state index contributed by atoms with van der Waals surface area (Å²) >= 11 is 0. The second-order valence-electron chi connectivity index (χ2n) is 8.12. The van der Waals surface area contributed by atoms with E-state index in [4.69, 9.17) is 9.47 Å². The van der Waals surface area contributed by atoms with Crippen LogP contribution in [0.5, 0.6) is 5.75 Å². The van der Waals surface area contributed by atoms with Crippen LogP contribution in [0.25, 0.3) is 0 Å². The summed E-state index contributed by atoms with van der Waals surface area (Å²) in [4.78, 5) is 36.6. The minimum Gasteiger partial charge on any atom is -0.489 e. The third-order valence-electron chi connectivity index (χ3n) is 5.11. The van der Waals surface area contributed by atoms with E-state index in [1.807, 2.05) is 32.9 Å². The number of nitrogens with one attached hydrogen (secondary N) is 2. The van der Waals surface area contributed by atoms with Crippen LogP contribution in [-0.2, 0) is 20.9 Å². The first-order valence-electron chi connectivity index (χ1n) is 11.0. The van der Waals surface area contributed by atoms with Gasteiger partial charge in [-0.1, -0.05) is 35.9 Å². The maximum Gasteiger partial charge on any atom is 0.338 e. The SMILES string of the molecule is Cc1cc(C)c(NC(=O)CNC(=O)COC(=O)c2cccc(OCc3ccc(F)cc3)c2)c(C)c1. The van der Waals surface area contributed by atoms with Gasteiger partial charge in [0.15, 0.2) is 6.61 Å². The normalized spacial score (nSPS) is 10.4. The molecule has 0 saturated carbocycles. The van der Waals surface area contributed by atoms with Crippen LogP contribution in [0.4, 0.5) is 10.1 Å². The Balaban J connectivity index is 1.44. The summed E-state index contributed by atoms with van der Waals surface area (Å²) < 4.78 is 23.7. The Kier molecular flexibility index (Phi) is 8.56. The van der Waals surface area contributed by atoms with Crippen LogP contribution in [0.1, 0.15) is 32.6 Å². The highest BCUT2D eigenvalue weighted by Crippen LogP contribution is 2.21. The van der Waals surface area contributed by atoms with Crippen LogP contribution < -0.4 is 15.4 Å². The van der Waals surface area contributed by atoms with Crippen molar-refractivity contribution in [2.45, 2.75) is 27.4 Å². The van der Waals surface area contributed by atoms with E-state index in [0.717, 1.165) is 22.3 Å². The topological polar surface area (TPSA) is 93.7 Å². The minimum atomic E-state index is -0.706. The van der Waals surface area contributed by atoms with Gasteiger partial charge in [-0.3, -0.25) is 9.59 Å². The Hall–Kier alpha value is -4.20. The Morgan fingerprint density at radius 3 is 2.26 bits per heavy atom. The van der Waals surface area contributed by atoms with Gasteiger partial charge in [-0.2, -0.15) is 0 Å². The molecule has 0 aliphatic carbocycles. The molecule has 0 aliphatic rings. The standard InChI is InChI=1S/C27H27FN2O5/c1-17-11-18(2)26(19(3)12-17)30-24(31)14-29-25(32)16-35-27(33)21-5-4-6-23(13-21)34-15-20-7-9-22(28)10-8-20/h4-13H,14-16H2,1-3H3,(H,29,32)(H,30,31). The average molecular weight is 479 g/mol. The molecule has 0 saturated heterocycles. The zero-order valence-electron chi connectivity index (χ0n) is 19.8. The molecule has 0 spiro atoms. The lowest BCUT2D eigenvalue weighted by atomic mass is 10.1. The molecule has 7 nitrogen and oxygen atoms in total. The highest BCUT2D eigenvalue weighted by atomic mass is 19.1. The second-order valence-corrected chi connectivity index (χ2v) is 8.12. The van der Waals surface area contributed by atoms with E-state index in [-0.39, 0.29) is 30.4 Å². The zero-order valence-corrected chi connectivity index (χ0v) is 19.8. The van der Waals surface area contributed by atoms with Gasteiger partial charge in [0.2, 0.25) is 5.91 Å². The van der Waals surface area contributed by atoms with E-state index in [9.17, 15) is 18.8 Å². The largest absolute Gasteiger partial charge is 0.489 e. The fourth-order valence-electron chi connectivity index (χ4n) is 3.47. The van der Waals surface area contributed by atoms with E-state index in [1.165, 1.54) is 24.3 Å². The van der Waals surface area contributed by atoms with Gasteiger partial charge < -0.3 is 20.1 Å². The lowest BCUT2D eigenvalue weighted by molar-refractivity contribution is -0.126. The predicted octanol–water partition coefficient (Wildman–Crippen LogP) is 4.24. The molecule has 0 radical (unpaired) electrons. The molecule has 0 bridgehead atoms. The molecule has 0 atom stereocenters. The summed E-state index contributed by atoms with van der Waals surface area (Å²) in [5.41, 5.74) is 4.64. The van der Waals surface area contributed by atoms with Gasteiger partial charge in [0.05, 0.1) is 12.1 Å². The highest BCUT2D eigenvalue weighted by Gasteiger charge is 2.13. The van der Waals surface area contributed by atoms with Gasteiger partial charge in [0, 0.05) is 5.69 Å². The lowest BCUT2D eigenvalue weighted by Crippen LogP contribution is -2.35. The van der Waals surface area contributed by atoms with Gasteiger partial charge in [0.1, 0.15) is 18.2 Å². The number of carbonyl (C=O) groups is 3. The molecular formula is C27H27FN2O5. The predicted molar refractivity (Wildman–Crippen MR) is 130 cm³/mol. The van der Waals surface area contributed by atoms with Gasteiger partial charge in [-0.15, -0.1) is 0 Å². The van der Waals surface area contributed by atoms with E-state index in [0.29, 0.717) is 11.4 Å². The molecule has 3 aromatic carbocycles. The maximum atomic E-state index is 13.0. The van der Waals surface area contributed by atoms with Crippen LogP contribution in [0.3, 0.4) is 0 Å². The second kappa shape index (κ2) is 11.8. The summed E-state index contributed by atoms with van der Waals surface area (Å²) in [7, 11) is 0. The number of carbonyl (C=O) groups excluding carboxylic acids is 3. The van der Waals surface area contributed by atoms with Crippen molar-refractivity contribution in [2.24, 2.45) is 0 Å². The van der Waals surface area contributed by atoms with E-state index in [2.05, 4.69) is 10.6 Å². The quantitative estimate of drug-likeness (QED) is 0.449. The van der Waals surface area contributed by atoms with Crippen molar-refractivity contribution >= 4 is 23.5 Å². The molecule has 0 aliphatic heterocycles. The number of esters is 1. The molecule has 3 rings (SSSR count). The number of anilines is 1. The van der Waals surface area contributed by atoms with Crippen molar-refractivity contribution in [3.63, 3.8) is 0 Å². The van der Waals surface area contributed by atoms with Gasteiger partial charge in [0.25, 0.3) is 5.91 Å². The molecular weight excluding hydrogens is 451 g/mol. The molecule has 182 valence electrons. The number of aryl methyl sites for hydroxylation is 3. The summed E-state index contributed by atoms with van der Waals surface area (Å²) in [6.45, 7) is 5.19. The van der Waals surface area contributed by atoms with Crippen molar-refractivity contribution in [3.8, 4) is 5.75 Å². The number of rotatable bonds is 9. The molecule has 0 heterocycles. The van der Waals surface area contributed by atoms with Crippen LogP contribution in [-0.4, -0.2) is 30.9 Å². The number of benzene rings is 3. The van der Waals surface area contributed by atoms with Gasteiger partial charge >= 0.3 is 5.97 Å².